The average Bonchev–Trinajstić information content (AvgIpc) is 2.99. The van der Waals surface area contributed by atoms with E-state index < -0.39 is 0 Å². The number of esters is 1. The Kier molecular flexibility index (Phi) is 8.24. The van der Waals surface area contributed by atoms with E-state index in [1.54, 1.807) is 6.07 Å². The molecular formula is C26H35N2O3+. The molecule has 1 saturated heterocycles. The lowest BCUT2D eigenvalue weighted by Gasteiger charge is -2.37. The first-order valence-electron chi connectivity index (χ1n) is 11.5. The summed E-state index contributed by atoms with van der Waals surface area (Å²) in [4.78, 5) is 25.8. The summed E-state index contributed by atoms with van der Waals surface area (Å²) in [7, 11) is 0. The van der Waals surface area contributed by atoms with Crippen molar-refractivity contribution in [1.29, 1.82) is 0 Å². The number of nitrogens with one attached hydrogen (secondary N) is 1. The lowest BCUT2D eigenvalue weighted by atomic mass is 10.1. The van der Waals surface area contributed by atoms with Crippen LogP contribution >= 0.6 is 0 Å². The molecule has 166 valence electrons. The molecular weight excluding hydrogens is 388 g/mol. The van der Waals surface area contributed by atoms with Crippen molar-refractivity contribution in [2.24, 2.45) is 0 Å². The maximum Gasteiger partial charge on any atom is 0.340 e. The minimum atomic E-state index is -0.385. The normalized spacial score (nSPS) is 15.7. The minimum Gasteiger partial charge on any atom is -0.462 e. The number of ether oxygens (including phenoxy) is 1. The molecule has 0 aromatic heterocycles. The van der Waals surface area contributed by atoms with Crippen LogP contribution in [0.4, 0.5) is 5.69 Å². The molecule has 0 unspecified atom stereocenters. The summed E-state index contributed by atoms with van der Waals surface area (Å²) in [5.74, 6) is -0.430. The van der Waals surface area contributed by atoms with Crippen LogP contribution in [0.5, 0.6) is 0 Å². The number of carbonyl (C=O) groups is 2. The third-order valence-corrected chi connectivity index (χ3v) is 6.05. The fourth-order valence-electron chi connectivity index (χ4n) is 4.46. The second-order valence-electron chi connectivity index (χ2n) is 8.69. The predicted molar refractivity (Wildman–Crippen MR) is 124 cm³/mol. The zero-order valence-corrected chi connectivity index (χ0v) is 18.9. The van der Waals surface area contributed by atoms with Crippen LogP contribution in [-0.4, -0.2) is 42.6 Å². The molecule has 2 aromatic carbocycles. The standard InChI is InChI=1S/C26H34N2O3/c1-3-18-31-26(30)23-15-11-12-21(2)25(23)27-24(29)20-28(16-9-4-5-10-17-28)19-22-13-7-6-8-14-22/h6-8,11-15H,3-5,9-10,16-20H2,1-2H3/p+1. The van der Waals surface area contributed by atoms with E-state index in [0.717, 1.165) is 48.9 Å². The molecule has 1 amide bonds. The van der Waals surface area contributed by atoms with E-state index in [1.807, 2.05) is 32.0 Å². The van der Waals surface area contributed by atoms with E-state index in [2.05, 4.69) is 29.6 Å². The Bertz CT molecular complexity index is 871. The SMILES string of the molecule is CCCOC(=O)c1cccc(C)c1NC(=O)C[N+]1(Cc2ccccc2)CCCCCC1. The number of hydrogen-bond donors (Lipinski definition) is 1. The fourth-order valence-corrected chi connectivity index (χ4v) is 4.46. The summed E-state index contributed by atoms with van der Waals surface area (Å²) in [5.41, 5.74) is 3.12. The minimum absolute atomic E-state index is 0.0447. The van der Waals surface area contributed by atoms with Gasteiger partial charge in [0.05, 0.1) is 30.9 Å². The van der Waals surface area contributed by atoms with Crippen molar-refractivity contribution < 1.29 is 18.8 Å². The highest BCUT2D eigenvalue weighted by atomic mass is 16.5. The smallest absolute Gasteiger partial charge is 0.340 e. The summed E-state index contributed by atoms with van der Waals surface area (Å²) >= 11 is 0. The lowest BCUT2D eigenvalue weighted by Crippen LogP contribution is -2.52. The van der Waals surface area contributed by atoms with Gasteiger partial charge in [-0.05, 0) is 50.7 Å². The Morgan fingerprint density at radius 3 is 2.35 bits per heavy atom. The summed E-state index contributed by atoms with van der Waals surface area (Å²) < 4.78 is 6.09. The summed E-state index contributed by atoms with van der Waals surface area (Å²) in [6.45, 7) is 7.51. The number of para-hydroxylation sites is 1. The van der Waals surface area contributed by atoms with Crippen molar-refractivity contribution in [2.45, 2.75) is 52.5 Å². The van der Waals surface area contributed by atoms with Gasteiger partial charge in [0, 0.05) is 5.56 Å². The number of nitrogens with zero attached hydrogens (tertiary/aromatic N) is 1. The summed E-state index contributed by atoms with van der Waals surface area (Å²) in [6, 6.07) is 15.9. The molecule has 1 heterocycles. The number of carbonyl (C=O) groups excluding carboxylic acids is 2. The van der Waals surface area contributed by atoms with Gasteiger partial charge in [-0.25, -0.2) is 4.79 Å². The zero-order valence-electron chi connectivity index (χ0n) is 18.9. The van der Waals surface area contributed by atoms with Gasteiger partial charge < -0.3 is 14.5 Å². The number of aryl methyl sites for hydroxylation is 1. The Labute approximate surface area is 186 Å². The van der Waals surface area contributed by atoms with Crippen LogP contribution in [0, 0.1) is 6.92 Å². The zero-order chi connectivity index (χ0) is 22.1. The first-order valence-corrected chi connectivity index (χ1v) is 11.5. The highest BCUT2D eigenvalue weighted by Crippen LogP contribution is 2.25. The van der Waals surface area contributed by atoms with Gasteiger partial charge in [-0.15, -0.1) is 0 Å². The van der Waals surface area contributed by atoms with Crippen LogP contribution in [-0.2, 0) is 16.1 Å². The van der Waals surface area contributed by atoms with Crippen molar-refractivity contribution in [3.05, 3.63) is 65.2 Å². The van der Waals surface area contributed by atoms with Crippen LogP contribution < -0.4 is 5.32 Å². The molecule has 1 aliphatic heterocycles. The highest BCUT2D eigenvalue weighted by molar-refractivity contribution is 6.02. The predicted octanol–water partition coefficient (Wildman–Crippen LogP) is 5.09. The number of benzene rings is 2. The summed E-state index contributed by atoms with van der Waals surface area (Å²) in [6.07, 6.45) is 5.49. The topological polar surface area (TPSA) is 55.4 Å². The molecule has 2 aromatic rings. The van der Waals surface area contributed by atoms with Crippen LogP contribution in [0.1, 0.15) is 60.5 Å². The van der Waals surface area contributed by atoms with Gasteiger partial charge in [0.2, 0.25) is 0 Å². The molecule has 0 aliphatic carbocycles. The second kappa shape index (κ2) is 11.1. The third-order valence-electron chi connectivity index (χ3n) is 6.05. The first kappa shape index (κ1) is 23.0. The van der Waals surface area contributed by atoms with Crippen molar-refractivity contribution in [1.82, 2.24) is 0 Å². The lowest BCUT2D eigenvalue weighted by molar-refractivity contribution is -0.932. The number of rotatable bonds is 8. The van der Waals surface area contributed by atoms with Crippen molar-refractivity contribution in [2.75, 3.05) is 31.6 Å². The Morgan fingerprint density at radius 1 is 0.968 bits per heavy atom. The number of anilines is 1. The number of hydrogen-bond acceptors (Lipinski definition) is 3. The number of quaternary nitrogens is 1. The van der Waals surface area contributed by atoms with Crippen LogP contribution in [0.25, 0.3) is 0 Å². The molecule has 5 heteroatoms. The van der Waals surface area contributed by atoms with Crippen molar-refractivity contribution in [3.63, 3.8) is 0 Å². The molecule has 1 fully saturated rings. The van der Waals surface area contributed by atoms with Gasteiger partial charge >= 0.3 is 5.97 Å². The van der Waals surface area contributed by atoms with Gasteiger partial charge in [0.15, 0.2) is 6.54 Å². The van der Waals surface area contributed by atoms with E-state index in [0.29, 0.717) is 24.4 Å². The van der Waals surface area contributed by atoms with Crippen LogP contribution in [0.2, 0.25) is 0 Å². The Hall–Kier alpha value is -2.66. The maximum absolute atomic E-state index is 13.3. The third kappa shape index (κ3) is 6.41. The molecule has 1 N–H and O–H groups in total. The van der Waals surface area contributed by atoms with E-state index in [-0.39, 0.29) is 11.9 Å². The quantitative estimate of drug-likeness (QED) is 0.475. The van der Waals surface area contributed by atoms with Gasteiger partial charge in [0.1, 0.15) is 6.54 Å². The molecule has 0 radical (unpaired) electrons. The molecule has 3 rings (SSSR count). The molecule has 0 saturated carbocycles. The molecule has 31 heavy (non-hydrogen) atoms. The average molecular weight is 424 g/mol. The molecule has 0 atom stereocenters. The number of amides is 1. The maximum atomic E-state index is 13.3. The molecule has 0 bridgehead atoms. The Balaban J connectivity index is 1.79. The van der Waals surface area contributed by atoms with Gasteiger partial charge in [-0.2, -0.15) is 0 Å². The van der Waals surface area contributed by atoms with E-state index in [1.165, 1.54) is 18.4 Å². The highest BCUT2D eigenvalue weighted by Gasteiger charge is 2.32. The molecule has 5 nitrogen and oxygen atoms in total. The van der Waals surface area contributed by atoms with Crippen LogP contribution in [0.15, 0.2) is 48.5 Å². The van der Waals surface area contributed by atoms with Crippen molar-refractivity contribution in [3.8, 4) is 0 Å². The van der Waals surface area contributed by atoms with Crippen LogP contribution in [0.3, 0.4) is 0 Å². The monoisotopic (exact) mass is 423 g/mol. The first-order chi connectivity index (χ1) is 15.0. The molecule has 1 aliphatic rings. The van der Waals surface area contributed by atoms with Gasteiger partial charge in [-0.1, -0.05) is 49.4 Å². The van der Waals surface area contributed by atoms with E-state index in [4.69, 9.17) is 4.74 Å². The Morgan fingerprint density at radius 2 is 1.68 bits per heavy atom. The van der Waals surface area contributed by atoms with E-state index in [9.17, 15) is 9.59 Å². The fraction of sp³-hybridized carbons (Fsp3) is 0.462. The molecule has 0 spiro atoms. The van der Waals surface area contributed by atoms with Gasteiger partial charge in [-0.3, -0.25) is 4.79 Å². The number of likely N-dealkylation sites (tertiary alicyclic amines) is 1. The summed E-state index contributed by atoms with van der Waals surface area (Å²) in [5, 5.41) is 3.06. The van der Waals surface area contributed by atoms with E-state index >= 15 is 0 Å². The van der Waals surface area contributed by atoms with Crippen molar-refractivity contribution >= 4 is 17.6 Å². The second-order valence-corrected chi connectivity index (χ2v) is 8.69. The largest absolute Gasteiger partial charge is 0.462 e. The van der Waals surface area contributed by atoms with Gasteiger partial charge in [0.25, 0.3) is 5.91 Å².